The van der Waals surface area contributed by atoms with Crippen molar-refractivity contribution in [3.8, 4) is 11.5 Å². The molecule has 0 aliphatic carbocycles. The largest absolute Gasteiger partial charge is 0.457 e. The van der Waals surface area contributed by atoms with Crippen LogP contribution in [0.15, 0.2) is 66.7 Å². The van der Waals surface area contributed by atoms with Gasteiger partial charge >= 0.3 is 0 Å². The summed E-state index contributed by atoms with van der Waals surface area (Å²) in [7, 11) is -1.90. The standard InChI is InChI=1S/C23H18Cl2N2O4S2/c1-27(33(2,29)30)18-5-8-21-14(9-18)10-22(32-21)23(28)26-17-11-16(25)12-20(13-17)31-19-6-3-15(24)4-7-19/h3-13H,1-2H3,(H,26,28). The Bertz CT molecular complexity index is 1450. The highest BCUT2D eigenvalue weighted by Gasteiger charge is 2.16. The summed E-state index contributed by atoms with van der Waals surface area (Å²) in [6.07, 6.45) is 1.14. The average molecular weight is 521 g/mol. The van der Waals surface area contributed by atoms with Gasteiger partial charge in [-0.15, -0.1) is 11.3 Å². The Kier molecular flexibility index (Phi) is 6.54. The van der Waals surface area contributed by atoms with Gasteiger partial charge in [0.1, 0.15) is 11.5 Å². The van der Waals surface area contributed by atoms with Crippen molar-refractivity contribution in [1.82, 2.24) is 0 Å². The summed E-state index contributed by atoms with van der Waals surface area (Å²) in [6.45, 7) is 0. The maximum atomic E-state index is 12.9. The molecule has 0 unspecified atom stereocenters. The van der Waals surface area contributed by atoms with Crippen molar-refractivity contribution in [1.29, 1.82) is 0 Å². The van der Waals surface area contributed by atoms with E-state index < -0.39 is 10.0 Å². The molecule has 0 radical (unpaired) electrons. The molecule has 0 saturated heterocycles. The lowest BCUT2D eigenvalue weighted by atomic mass is 10.2. The lowest BCUT2D eigenvalue weighted by Gasteiger charge is -2.16. The third kappa shape index (κ3) is 5.59. The van der Waals surface area contributed by atoms with E-state index in [9.17, 15) is 13.2 Å². The molecule has 1 heterocycles. The highest BCUT2D eigenvalue weighted by atomic mass is 35.5. The molecule has 33 heavy (non-hydrogen) atoms. The average Bonchev–Trinajstić information content (AvgIpc) is 3.17. The van der Waals surface area contributed by atoms with E-state index in [1.165, 1.54) is 22.7 Å². The van der Waals surface area contributed by atoms with E-state index in [0.717, 1.165) is 16.3 Å². The highest BCUT2D eigenvalue weighted by molar-refractivity contribution is 7.92. The number of amides is 1. The van der Waals surface area contributed by atoms with Crippen molar-refractivity contribution >= 4 is 71.9 Å². The second kappa shape index (κ2) is 9.23. The molecule has 10 heteroatoms. The summed E-state index contributed by atoms with van der Waals surface area (Å²) < 4.78 is 31.5. The minimum absolute atomic E-state index is 0.311. The van der Waals surface area contributed by atoms with Crippen LogP contribution in [0.2, 0.25) is 10.0 Å². The Hall–Kier alpha value is -2.78. The zero-order chi connectivity index (χ0) is 23.8. The monoisotopic (exact) mass is 520 g/mol. The van der Waals surface area contributed by atoms with Crippen LogP contribution in [0, 0.1) is 0 Å². The second-order valence-corrected chi connectivity index (χ2v) is 11.2. The van der Waals surface area contributed by atoms with Crippen molar-refractivity contribution in [2.24, 2.45) is 0 Å². The molecule has 6 nitrogen and oxygen atoms in total. The van der Waals surface area contributed by atoms with Gasteiger partial charge in [-0.1, -0.05) is 23.2 Å². The first-order valence-corrected chi connectivity index (χ1v) is 13.0. The number of anilines is 2. The number of hydrogen-bond donors (Lipinski definition) is 1. The van der Waals surface area contributed by atoms with Crippen LogP contribution in [0.25, 0.3) is 10.1 Å². The maximum absolute atomic E-state index is 12.9. The summed E-state index contributed by atoms with van der Waals surface area (Å²) in [6, 6.07) is 18.8. The molecule has 0 aliphatic heterocycles. The molecule has 4 rings (SSSR count). The number of nitrogens with one attached hydrogen (secondary N) is 1. The first-order valence-electron chi connectivity index (χ1n) is 9.61. The predicted molar refractivity (Wildman–Crippen MR) is 136 cm³/mol. The number of carbonyl (C=O) groups is 1. The fraction of sp³-hybridized carbons (Fsp3) is 0.0870. The van der Waals surface area contributed by atoms with E-state index in [1.807, 2.05) is 0 Å². The van der Waals surface area contributed by atoms with Crippen molar-refractivity contribution in [2.45, 2.75) is 0 Å². The summed E-state index contributed by atoms with van der Waals surface area (Å²) >= 11 is 13.4. The lowest BCUT2D eigenvalue weighted by Crippen LogP contribution is -2.24. The molecule has 0 fully saturated rings. The van der Waals surface area contributed by atoms with Gasteiger partial charge in [-0.25, -0.2) is 8.42 Å². The molecule has 1 amide bonds. The van der Waals surface area contributed by atoms with Crippen LogP contribution in [0.1, 0.15) is 9.67 Å². The Morgan fingerprint density at radius 2 is 1.67 bits per heavy atom. The zero-order valence-electron chi connectivity index (χ0n) is 17.5. The molecular formula is C23H18Cl2N2O4S2. The van der Waals surface area contributed by atoms with Crippen LogP contribution in [0.4, 0.5) is 11.4 Å². The van der Waals surface area contributed by atoms with Gasteiger partial charge in [0.25, 0.3) is 5.91 Å². The molecule has 1 N–H and O–H groups in total. The summed E-state index contributed by atoms with van der Waals surface area (Å²) in [5.41, 5.74) is 1.00. The van der Waals surface area contributed by atoms with Crippen LogP contribution in [0.3, 0.4) is 0 Å². The van der Waals surface area contributed by atoms with Crippen LogP contribution in [-0.4, -0.2) is 27.6 Å². The van der Waals surface area contributed by atoms with E-state index in [1.54, 1.807) is 66.7 Å². The molecule has 3 aromatic carbocycles. The van der Waals surface area contributed by atoms with Crippen molar-refractivity contribution in [2.75, 3.05) is 22.9 Å². The number of nitrogens with zero attached hydrogens (tertiary/aromatic N) is 1. The van der Waals surface area contributed by atoms with Crippen molar-refractivity contribution in [3.63, 3.8) is 0 Å². The maximum Gasteiger partial charge on any atom is 0.265 e. The SMILES string of the molecule is CN(c1ccc2sc(C(=O)Nc3cc(Cl)cc(Oc4ccc(Cl)cc4)c3)cc2c1)S(C)(=O)=O. The van der Waals surface area contributed by atoms with Gasteiger partial charge in [0.15, 0.2) is 0 Å². The fourth-order valence-corrected chi connectivity index (χ4v) is 4.84. The topological polar surface area (TPSA) is 75.7 Å². The van der Waals surface area contributed by atoms with Gasteiger partial charge in [-0.2, -0.15) is 0 Å². The van der Waals surface area contributed by atoms with Crippen LogP contribution in [-0.2, 0) is 10.0 Å². The highest BCUT2D eigenvalue weighted by Crippen LogP contribution is 2.32. The van der Waals surface area contributed by atoms with Crippen molar-refractivity contribution in [3.05, 3.63) is 81.7 Å². The summed E-state index contributed by atoms with van der Waals surface area (Å²) in [5.74, 6) is 0.733. The van der Waals surface area contributed by atoms with Gasteiger partial charge in [-0.3, -0.25) is 9.10 Å². The van der Waals surface area contributed by atoms with Gasteiger partial charge in [0.05, 0.1) is 16.8 Å². The molecule has 0 atom stereocenters. The van der Waals surface area contributed by atoms with Crippen LogP contribution in [0.5, 0.6) is 11.5 Å². The number of carbonyl (C=O) groups excluding carboxylic acids is 1. The van der Waals surface area contributed by atoms with Gasteiger partial charge in [0, 0.05) is 33.5 Å². The van der Waals surface area contributed by atoms with E-state index in [4.69, 9.17) is 27.9 Å². The first kappa shape index (κ1) is 23.4. The second-order valence-electron chi connectivity index (χ2n) is 7.25. The lowest BCUT2D eigenvalue weighted by molar-refractivity contribution is 0.103. The normalized spacial score (nSPS) is 11.4. The first-order chi connectivity index (χ1) is 15.6. The number of halogens is 2. The van der Waals surface area contributed by atoms with E-state index in [-0.39, 0.29) is 5.91 Å². The Morgan fingerprint density at radius 1 is 0.939 bits per heavy atom. The van der Waals surface area contributed by atoms with E-state index in [0.29, 0.717) is 37.8 Å². The molecule has 4 aromatic rings. The minimum Gasteiger partial charge on any atom is -0.457 e. The third-order valence-electron chi connectivity index (χ3n) is 4.76. The molecular weight excluding hydrogens is 503 g/mol. The Morgan fingerprint density at radius 3 is 2.36 bits per heavy atom. The number of hydrogen-bond acceptors (Lipinski definition) is 5. The Labute approximate surface area is 205 Å². The minimum atomic E-state index is -3.38. The smallest absolute Gasteiger partial charge is 0.265 e. The molecule has 1 aromatic heterocycles. The van der Waals surface area contributed by atoms with Gasteiger partial charge in [0.2, 0.25) is 10.0 Å². The number of ether oxygens (including phenoxy) is 1. The number of sulfonamides is 1. The van der Waals surface area contributed by atoms with Crippen molar-refractivity contribution < 1.29 is 17.9 Å². The summed E-state index contributed by atoms with van der Waals surface area (Å²) in [5, 5.41) is 4.61. The van der Waals surface area contributed by atoms with Gasteiger partial charge in [-0.05, 0) is 66.0 Å². The van der Waals surface area contributed by atoms with E-state index in [2.05, 4.69) is 5.32 Å². The summed E-state index contributed by atoms with van der Waals surface area (Å²) in [4.78, 5) is 13.4. The third-order valence-corrected chi connectivity index (χ3v) is 7.55. The number of fused-ring (bicyclic) bond motifs is 1. The van der Waals surface area contributed by atoms with E-state index >= 15 is 0 Å². The predicted octanol–water partition coefficient (Wildman–Crippen LogP) is 6.65. The molecule has 170 valence electrons. The van der Waals surface area contributed by atoms with Crippen LogP contribution >= 0.6 is 34.5 Å². The molecule has 0 saturated carbocycles. The quantitative estimate of drug-likeness (QED) is 0.308. The van der Waals surface area contributed by atoms with Gasteiger partial charge < -0.3 is 10.1 Å². The Balaban J connectivity index is 1.55. The number of benzene rings is 3. The zero-order valence-corrected chi connectivity index (χ0v) is 20.6. The molecule has 0 spiro atoms. The van der Waals surface area contributed by atoms with Crippen LogP contribution < -0.4 is 14.4 Å². The molecule has 0 aliphatic rings. The molecule has 0 bridgehead atoms. The number of thiophene rings is 1. The number of rotatable bonds is 6. The fourth-order valence-electron chi connectivity index (χ4n) is 3.06.